The summed E-state index contributed by atoms with van der Waals surface area (Å²) in [5.74, 6) is 0.714. The van der Waals surface area contributed by atoms with Crippen LogP contribution < -0.4 is 10.6 Å². The molecule has 2 saturated heterocycles. The lowest BCUT2D eigenvalue weighted by Gasteiger charge is -2.39. The Balaban J connectivity index is 2.14. The van der Waals surface area contributed by atoms with E-state index in [0.29, 0.717) is 5.92 Å². The molecule has 0 bridgehead atoms. The maximum absolute atomic E-state index is 11.2. The molecule has 1 unspecified atom stereocenters. The molecule has 80 valence electrons. The Labute approximate surface area is 85.0 Å². The zero-order chi connectivity index (χ0) is 10.2. The Bertz CT molecular complexity index is 244. The number of fused-ring (bicyclic) bond motifs is 1. The molecule has 2 atom stereocenters. The van der Waals surface area contributed by atoms with Gasteiger partial charge in [0.05, 0.1) is 5.54 Å². The number of carbonyl (C=O) groups excluding carboxylic acids is 1. The van der Waals surface area contributed by atoms with Crippen molar-refractivity contribution in [1.29, 1.82) is 0 Å². The highest BCUT2D eigenvalue weighted by Crippen LogP contribution is 2.31. The number of nitrogens with one attached hydrogen (secondary N) is 2. The van der Waals surface area contributed by atoms with E-state index in [1.165, 1.54) is 6.42 Å². The van der Waals surface area contributed by atoms with Crippen LogP contribution in [-0.4, -0.2) is 49.6 Å². The van der Waals surface area contributed by atoms with Crippen LogP contribution in [0, 0.1) is 5.92 Å². The van der Waals surface area contributed by atoms with Gasteiger partial charge in [-0.1, -0.05) is 0 Å². The molecule has 4 nitrogen and oxygen atoms in total. The molecule has 0 aromatic carbocycles. The summed E-state index contributed by atoms with van der Waals surface area (Å²) < 4.78 is 0. The van der Waals surface area contributed by atoms with Gasteiger partial charge in [0.25, 0.3) is 0 Å². The van der Waals surface area contributed by atoms with Crippen molar-refractivity contribution in [1.82, 2.24) is 15.5 Å². The SMILES string of the molecule is CC(=O)N[C@@]12CNCCC1CN(C)C2. The molecule has 2 heterocycles. The molecular formula is C10H19N3O. The number of likely N-dealkylation sites (N-methyl/N-ethyl adjacent to an activating group) is 1. The summed E-state index contributed by atoms with van der Waals surface area (Å²) in [4.78, 5) is 13.5. The van der Waals surface area contributed by atoms with E-state index in [2.05, 4.69) is 22.6 Å². The summed E-state index contributed by atoms with van der Waals surface area (Å²) >= 11 is 0. The van der Waals surface area contributed by atoms with Gasteiger partial charge in [-0.3, -0.25) is 4.79 Å². The quantitative estimate of drug-likeness (QED) is 0.591. The third kappa shape index (κ3) is 1.64. The summed E-state index contributed by atoms with van der Waals surface area (Å²) in [7, 11) is 2.13. The third-order valence-electron chi connectivity index (χ3n) is 3.40. The van der Waals surface area contributed by atoms with Gasteiger partial charge in [0, 0.05) is 26.6 Å². The Hall–Kier alpha value is -0.610. The number of hydrogen-bond donors (Lipinski definition) is 2. The lowest BCUT2D eigenvalue weighted by molar-refractivity contribution is -0.121. The molecule has 0 radical (unpaired) electrons. The molecule has 2 rings (SSSR count). The maximum atomic E-state index is 11.2. The minimum Gasteiger partial charge on any atom is -0.348 e. The molecule has 0 aromatic rings. The van der Waals surface area contributed by atoms with Crippen LogP contribution in [0.1, 0.15) is 13.3 Å². The molecular weight excluding hydrogens is 178 g/mol. The van der Waals surface area contributed by atoms with Crippen LogP contribution >= 0.6 is 0 Å². The van der Waals surface area contributed by atoms with Gasteiger partial charge in [-0.25, -0.2) is 0 Å². The number of amides is 1. The molecule has 2 aliphatic rings. The smallest absolute Gasteiger partial charge is 0.217 e. The zero-order valence-electron chi connectivity index (χ0n) is 8.97. The fraction of sp³-hybridized carbons (Fsp3) is 0.900. The second kappa shape index (κ2) is 3.51. The van der Waals surface area contributed by atoms with Crippen LogP contribution in [0.3, 0.4) is 0 Å². The number of rotatable bonds is 1. The fourth-order valence-electron chi connectivity index (χ4n) is 2.92. The molecule has 2 aliphatic heterocycles. The molecule has 0 saturated carbocycles. The predicted octanol–water partition coefficient (Wildman–Crippen LogP) is -0.584. The minimum atomic E-state index is -0.00116. The molecule has 0 aliphatic carbocycles. The van der Waals surface area contributed by atoms with Gasteiger partial charge in [0.1, 0.15) is 0 Å². The van der Waals surface area contributed by atoms with E-state index >= 15 is 0 Å². The maximum Gasteiger partial charge on any atom is 0.217 e. The monoisotopic (exact) mass is 197 g/mol. The second-order valence-electron chi connectivity index (χ2n) is 4.70. The highest BCUT2D eigenvalue weighted by Gasteiger charge is 2.47. The third-order valence-corrected chi connectivity index (χ3v) is 3.40. The Kier molecular flexibility index (Phi) is 2.49. The summed E-state index contributed by atoms with van der Waals surface area (Å²) in [5, 5.41) is 6.53. The van der Waals surface area contributed by atoms with Crippen molar-refractivity contribution in [3.05, 3.63) is 0 Å². The van der Waals surface area contributed by atoms with E-state index in [-0.39, 0.29) is 11.4 Å². The first-order chi connectivity index (χ1) is 6.62. The summed E-state index contributed by atoms with van der Waals surface area (Å²) in [5.41, 5.74) is -0.00116. The number of piperidine rings is 1. The van der Waals surface area contributed by atoms with Gasteiger partial charge in [0.2, 0.25) is 5.91 Å². The number of hydrogen-bond acceptors (Lipinski definition) is 3. The Morgan fingerprint density at radius 2 is 2.43 bits per heavy atom. The second-order valence-corrected chi connectivity index (χ2v) is 4.70. The van der Waals surface area contributed by atoms with Gasteiger partial charge >= 0.3 is 0 Å². The zero-order valence-corrected chi connectivity index (χ0v) is 8.97. The van der Waals surface area contributed by atoms with E-state index in [9.17, 15) is 4.79 Å². The molecule has 2 fully saturated rings. The van der Waals surface area contributed by atoms with Gasteiger partial charge in [-0.2, -0.15) is 0 Å². The van der Waals surface area contributed by atoms with Gasteiger partial charge in [-0.05, 0) is 25.9 Å². The van der Waals surface area contributed by atoms with E-state index in [0.717, 1.165) is 26.2 Å². The van der Waals surface area contributed by atoms with Gasteiger partial charge in [-0.15, -0.1) is 0 Å². The van der Waals surface area contributed by atoms with Crippen LogP contribution in [0.2, 0.25) is 0 Å². The topological polar surface area (TPSA) is 44.4 Å². The van der Waals surface area contributed by atoms with Crippen LogP contribution in [-0.2, 0) is 4.79 Å². The van der Waals surface area contributed by atoms with E-state index in [1.807, 2.05) is 0 Å². The van der Waals surface area contributed by atoms with E-state index in [1.54, 1.807) is 6.92 Å². The van der Waals surface area contributed by atoms with Crippen molar-refractivity contribution < 1.29 is 4.79 Å². The number of likely N-dealkylation sites (tertiary alicyclic amines) is 1. The van der Waals surface area contributed by atoms with E-state index < -0.39 is 0 Å². The lowest BCUT2D eigenvalue weighted by atomic mass is 9.82. The first kappa shape index (κ1) is 9.93. The van der Waals surface area contributed by atoms with Gasteiger partial charge < -0.3 is 15.5 Å². The normalized spacial score (nSPS) is 38.0. The average molecular weight is 197 g/mol. The van der Waals surface area contributed by atoms with Crippen LogP contribution in [0.4, 0.5) is 0 Å². The Morgan fingerprint density at radius 3 is 3.14 bits per heavy atom. The summed E-state index contributed by atoms with van der Waals surface area (Å²) in [6.45, 7) is 5.70. The Morgan fingerprint density at radius 1 is 1.64 bits per heavy atom. The average Bonchev–Trinajstić information content (AvgIpc) is 2.38. The molecule has 4 heteroatoms. The molecule has 14 heavy (non-hydrogen) atoms. The van der Waals surface area contributed by atoms with Crippen LogP contribution in [0.25, 0.3) is 0 Å². The number of carbonyl (C=O) groups is 1. The standard InChI is InChI=1S/C10H19N3O/c1-8(14)12-10-6-11-4-3-9(10)5-13(2)7-10/h9,11H,3-7H2,1-2H3,(H,12,14)/t9?,10-/m1/s1. The van der Waals surface area contributed by atoms with Crippen LogP contribution in [0.5, 0.6) is 0 Å². The largest absolute Gasteiger partial charge is 0.348 e. The van der Waals surface area contributed by atoms with Crippen molar-refractivity contribution in [3.63, 3.8) is 0 Å². The van der Waals surface area contributed by atoms with Crippen molar-refractivity contribution in [2.75, 3.05) is 33.2 Å². The molecule has 0 spiro atoms. The summed E-state index contributed by atoms with van der Waals surface area (Å²) in [6.07, 6.45) is 1.17. The first-order valence-corrected chi connectivity index (χ1v) is 5.30. The van der Waals surface area contributed by atoms with Crippen molar-refractivity contribution >= 4 is 5.91 Å². The highest BCUT2D eigenvalue weighted by atomic mass is 16.1. The fourth-order valence-corrected chi connectivity index (χ4v) is 2.92. The molecule has 2 N–H and O–H groups in total. The van der Waals surface area contributed by atoms with Crippen molar-refractivity contribution in [2.45, 2.75) is 18.9 Å². The minimum absolute atomic E-state index is 0.00116. The predicted molar refractivity (Wildman–Crippen MR) is 55.0 cm³/mol. The highest BCUT2D eigenvalue weighted by molar-refractivity contribution is 5.74. The molecule has 0 aromatic heterocycles. The van der Waals surface area contributed by atoms with Crippen molar-refractivity contribution in [3.8, 4) is 0 Å². The van der Waals surface area contributed by atoms with E-state index in [4.69, 9.17) is 0 Å². The molecule has 1 amide bonds. The van der Waals surface area contributed by atoms with Crippen molar-refractivity contribution in [2.24, 2.45) is 5.92 Å². The number of nitrogens with zero attached hydrogens (tertiary/aromatic N) is 1. The van der Waals surface area contributed by atoms with Crippen LogP contribution in [0.15, 0.2) is 0 Å². The summed E-state index contributed by atoms with van der Waals surface area (Å²) in [6, 6.07) is 0. The van der Waals surface area contributed by atoms with Gasteiger partial charge in [0.15, 0.2) is 0 Å². The first-order valence-electron chi connectivity index (χ1n) is 5.30. The lowest BCUT2D eigenvalue weighted by Crippen LogP contribution is -2.62.